The Balaban J connectivity index is 1.29. The van der Waals surface area contributed by atoms with Crippen molar-refractivity contribution in [3.63, 3.8) is 0 Å². The summed E-state index contributed by atoms with van der Waals surface area (Å²) in [5.74, 6) is -1.03. The number of piperidine rings is 1. The smallest absolute Gasteiger partial charge is 0.269 e. The van der Waals surface area contributed by atoms with Gasteiger partial charge < -0.3 is 16.0 Å². The predicted molar refractivity (Wildman–Crippen MR) is 131 cm³/mol. The average Bonchev–Trinajstić information content (AvgIpc) is 3.57. The number of fused-ring (bicyclic) bond motifs is 4. The highest BCUT2D eigenvalue weighted by molar-refractivity contribution is 6.30. The van der Waals surface area contributed by atoms with Crippen LogP contribution in [0.1, 0.15) is 29.8 Å². The summed E-state index contributed by atoms with van der Waals surface area (Å²) in [6.45, 7) is -0.120. The van der Waals surface area contributed by atoms with Crippen molar-refractivity contribution in [3.05, 3.63) is 53.6 Å². The molecule has 12 heteroatoms. The normalized spacial score (nSPS) is 20.8. The van der Waals surface area contributed by atoms with Gasteiger partial charge in [-0.05, 0) is 31.2 Å². The van der Waals surface area contributed by atoms with Crippen molar-refractivity contribution in [2.24, 2.45) is 11.7 Å². The van der Waals surface area contributed by atoms with E-state index in [0.29, 0.717) is 21.9 Å². The maximum Gasteiger partial charge on any atom is 0.269 e. The molecule has 1 aliphatic carbocycles. The number of nitrogens with two attached hydrogens (primary N) is 1. The molecule has 3 aromatic heterocycles. The molecule has 1 aliphatic heterocycles. The van der Waals surface area contributed by atoms with Gasteiger partial charge in [0, 0.05) is 29.9 Å². The molecule has 2 fully saturated rings. The lowest BCUT2D eigenvalue weighted by molar-refractivity contribution is -0.141. The Hall–Kier alpha value is -4.12. The number of pyridine rings is 1. The van der Waals surface area contributed by atoms with Crippen LogP contribution in [0.25, 0.3) is 21.9 Å². The van der Waals surface area contributed by atoms with Gasteiger partial charge in [-0.15, -0.1) is 0 Å². The Morgan fingerprint density at radius 3 is 2.78 bits per heavy atom. The second-order valence-corrected chi connectivity index (χ2v) is 9.45. The molecule has 4 aromatic rings. The number of rotatable bonds is 5. The van der Waals surface area contributed by atoms with Crippen LogP contribution in [-0.2, 0) is 16.1 Å². The van der Waals surface area contributed by atoms with Crippen LogP contribution in [-0.4, -0.2) is 59.4 Å². The Labute approximate surface area is 209 Å². The van der Waals surface area contributed by atoms with Crippen LogP contribution in [0.4, 0.5) is 5.82 Å². The number of carbonyl (C=O) groups excluding carboxylic acids is 3. The number of amides is 3. The molecule has 1 saturated heterocycles. The molecule has 0 unspecified atom stereocenters. The molecule has 2 bridgehead atoms. The number of nitrogens with one attached hydrogen (secondary N) is 1. The number of hydrogen-bond donors (Lipinski definition) is 2. The Kier molecular flexibility index (Phi) is 5.29. The number of para-hydroxylation sites is 1. The lowest BCUT2D eigenvalue weighted by atomic mass is 9.97. The fourth-order valence-electron chi connectivity index (χ4n) is 5.54. The van der Waals surface area contributed by atoms with E-state index in [4.69, 9.17) is 17.3 Å². The molecule has 3 N–H and O–H groups in total. The van der Waals surface area contributed by atoms with Gasteiger partial charge in [-0.3, -0.25) is 24.0 Å². The first-order valence-electron chi connectivity index (χ1n) is 11.6. The van der Waals surface area contributed by atoms with Crippen molar-refractivity contribution in [3.8, 4) is 0 Å². The molecule has 3 atom stereocenters. The molecule has 182 valence electrons. The van der Waals surface area contributed by atoms with Gasteiger partial charge in [0.1, 0.15) is 23.3 Å². The minimum atomic E-state index is -0.667. The van der Waals surface area contributed by atoms with Gasteiger partial charge in [0.2, 0.25) is 11.8 Å². The van der Waals surface area contributed by atoms with E-state index in [9.17, 15) is 14.4 Å². The van der Waals surface area contributed by atoms with Gasteiger partial charge in [0.15, 0.2) is 11.5 Å². The Morgan fingerprint density at radius 1 is 1.14 bits per heavy atom. The van der Waals surface area contributed by atoms with Crippen molar-refractivity contribution in [1.82, 2.24) is 29.6 Å². The minimum absolute atomic E-state index is 0.0334. The SMILES string of the molecule is NC(=O)c1nn(CC(=O)N2[C@@H]3CC[C@@H](C3)[C@H]2C(=O)Nc2nc(Cl)cc3nccnc23)c2ccccc12. The highest BCUT2D eigenvalue weighted by Gasteiger charge is 2.51. The zero-order valence-electron chi connectivity index (χ0n) is 19.0. The fraction of sp³-hybridized carbons (Fsp3) is 0.292. The quantitative estimate of drug-likeness (QED) is 0.395. The summed E-state index contributed by atoms with van der Waals surface area (Å²) in [7, 11) is 0. The van der Waals surface area contributed by atoms with Crippen LogP contribution >= 0.6 is 11.6 Å². The second kappa shape index (κ2) is 8.52. The summed E-state index contributed by atoms with van der Waals surface area (Å²) < 4.78 is 1.47. The van der Waals surface area contributed by atoms with Gasteiger partial charge in [0.05, 0.1) is 11.0 Å². The summed E-state index contributed by atoms with van der Waals surface area (Å²) in [5.41, 5.74) is 7.14. The molecular weight excluding hydrogens is 484 g/mol. The topological polar surface area (TPSA) is 149 Å². The first-order valence-corrected chi connectivity index (χ1v) is 11.9. The van der Waals surface area contributed by atoms with Crippen LogP contribution in [0.2, 0.25) is 5.15 Å². The number of primary amides is 1. The van der Waals surface area contributed by atoms with E-state index >= 15 is 0 Å². The molecular formula is C24H21ClN8O3. The third-order valence-electron chi connectivity index (χ3n) is 6.98. The van der Waals surface area contributed by atoms with Crippen molar-refractivity contribution in [1.29, 1.82) is 0 Å². The molecule has 0 spiro atoms. The van der Waals surface area contributed by atoms with E-state index in [1.807, 2.05) is 0 Å². The summed E-state index contributed by atoms with van der Waals surface area (Å²) in [6, 6.07) is 7.96. The van der Waals surface area contributed by atoms with E-state index in [-0.39, 0.29) is 47.0 Å². The van der Waals surface area contributed by atoms with Gasteiger partial charge in [-0.2, -0.15) is 5.10 Å². The summed E-state index contributed by atoms with van der Waals surface area (Å²) in [6.07, 6.45) is 5.47. The molecule has 11 nitrogen and oxygen atoms in total. The van der Waals surface area contributed by atoms with E-state index < -0.39 is 11.9 Å². The third-order valence-corrected chi connectivity index (χ3v) is 7.18. The summed E-state index contributed by atoms with van der Waals surface area (Å²) >= 11 is 6.13. The van der Waals surface area contributed by atoms with E-state index in [1.165, 1.54) is 17.1 Å². The first-order chi connectivity index (χ1) is 17.4. The lowest BCUT2D eigenvalue weighted by Gasteiger charge is -2.34. The zero-order valence-corrected chi connectivity index (χ0v) is 19.7. The van der Waals surface area contributed by atoms with Crippen LogP contribution in [0.3, 0.4) is 0 Å². The zero-order chi connectivity index (χ0) is 25.0. The standard InChI is InChI=1S/C24H21ClN8O3/c25-17-10-15-20(28-8-7-27-15)23(29-17)30-24(36)21-12-5-6-13(9-12)33(21)18(34)11-32-16-4-2-1-3-14(16)19(31-32)22(26)35/h1-4,7-8,10,12-13,21H,5-6,9,11H2,(H2,26,35)(H,29,30,36)/t12-,13+,21-/m0/s1. The lowest BCUT2D eigenvalue weighted by Crippen LogP contribution is -2.52. The number of likely N-dealkylation sites (tertiary alicyclic amines) is 1. The molecule has 1 saturated carbocycles. The predicted octanol–water partition coefficient (Wildman–Crippen LogP) is 2.14. The maximum absolute atomic E-state index is 13.6. The fourth-order valence-corrected chi connectivity index (χ4v) is 5.73. The van der Waals surface area contributed by atoms with Crippen molar-refractivity contribution >= 4 is 57.1 Å². The van der Waals surface area contributed by atoms with Crippen LogP contribution in [0, 0.1) is 5.92 Å². The number of benzene rings is 1. The number of nitrogens with zero attached hydrogens (tertiary/aromatic N) is 6. The van der Waals surface area contributed by atoms with E-state index in [2.05, 4.69) is 25.4 Å². The molecule has 6 rings (SSSR count). The van der Waals surface area contributed by atoms with Gasteiger partial charge >= 0.3 is 0 Å². The van der Waals surface area contributed by atoms with Crippen LogP contribution in [0.5, 0.6) is 0 Å². The highest BCUT2D eigenvalue weighted by Crippen LogP contribution is 2.43. The van der Waals surface area contributed by atoms with Crippen molar-refractivity contribution < 1.29 is 14.4 Å². The Bertz CT molecular complexity index is 1550. The average molecular weight is 505 g/mol. The molecule has 4 heterocycles. The molecule has 36 heavy (non-hydrogen) atoms. The van der Waals surface area contributed by atoms with Crippen molar-refractivity contribution in [2.45, 2.75) is 37.9 Å². The van der Waals surface area contributed by atoms with Gasteiger partial charge in [0.25, 0.3) is 5.91 Å². The number of carbonyl (C=O) groups is 3. The molecule has 3 amide bonds. The van der Waals surface area contributed by atoms with Gasteiger partial charge in [-0.25, -0.2) is 9.97 Å². The molecule has 0 radical (unpaired) electrons. The second-order valence-electron chi connectivity index (χ2n) is 9.07. The maximum atomic E-state index is 13.6. The number of anilines is 1. The molecule has 2 aliphatic rings. The number of hydrogen-bond acceptors (Lipinski definition) is 7. The number of halogens is 1. The van der Waals surface area contributed by atoms with Gasteiger partial charge in [-0.1, -0.05) is 29.8 Å². The Morgan fingerprint density at radius 2 is 1.94 bits per heavy atom. The minimum Gasteiger partial charge on any atom is -0.364 e. The molecule has 1 aromatic carbocycles. The summed E-state index contributed by atoms with van der Waals surface area (Å²) in [5, 5.41) is 7.89. The first kappa shape index (κ1) is 22.4. The van der Waals surface area contributed by atoms with E-state index in [1.54, 1.807) is 35.2 Å². The number of aromatic nitrogens is 5. The van der Waals surface area contributed by atoms with Crippen LogP contribution < -0.4 is 11.1 Å². The monoisotopic (exact) mass is 504 g/mol. The van der Waals surface area contributed by atoms with E-state index in [0.717, 1.165) is 19.3 Å². The van der Waals surface area contributed by atoms with Crippen molar-refractivity contribution in [2.75, 3.05) is 5.32 Å². The highest BCUT2D eigenvalue weighted by atomic mass is 35.5. The summed E-state index contributed by atoms with van der Waals surface area (Å²) in [4.78, 5) is 53.4. The largest absolute Gasteiger partial charge is 0.364 e. The van der Waals surface area contributed by atoms with Crippen LogP contribution in [0.15, 0.2) is 42.7 Å². The third kappa shape index (κ3) is 3.63.